The van der Waals surface area contributed by atoms with Crippen LogP contribution in [0.15, 0.2) is 47.4 Å². The molecule has 2 heterocycles. The molecule has 0 aliphatic carbocycles. The molecule has 158 valence electrons. The molecule has 2 aromatic carbocycles. The van der Waals surface area contributed by atoms with Crippen LogP contribution in [0.5, 0.6) is 5.75 Å². The lowest BCUT2D eigenvalue weighted by molar-refractivity contribution is -0.120. The number of aromatic nitrogens is 1. The largest absolute Gasteiger partial charge is 0.494 e. The van der Waals surface area contributed by atoms with Gasteiger partial charge < -0.3 is 10.1 Å². The van der Waals surface area contributed by atoms with Gasteiger partial charge in [0, 0.05) is 13.1 Å². The average Bonchev–Trinajstić information content (AvgIpc) is 3.16. The second kappa shape index (κ2) is 8.29. The summed E-state index contributed by atoms with van der Waals surface area (Å²) in [6, 6.07) is 10.2. The smallest absolute Gasteiger partial charge is 0.243 e. The summed E-state index contributed by atoms with van der Waals surface area (Å²) in [6.07, 6.45) is 1.14. The first-order valence-electron chi connectivity index (χ1n) is 9.38. The fourth-order valence-electron chi connectivity index (χ4n) is 3.48. The lowest BCUT2D eigenvalue weighted by Gasteiger charge is -2.31. The maximum atomic E-state index is 13.1. The Bertz CT molecular complexity index is 1180. The molecule has 1 aliphatic heterocycles. The molecule has 1 amide bonds. The van der Waals surface area contributed by atoms with E-state index in [9.17, 15) is 17.6 Å². The van der Waals surface area contributed by atoms with Crippen molar-refractivity contribution < 1.29 is 22.3 Å². The first kappa shape index (κ1) is 20.7. The Kier molecular flexibility index (Phi) is 5.72. The van der Waals surface area contributed by atoms with E-state index < -0.39 is 21.8 Å². The molecule has 10 heteroatoms. The Morgan fingerprint density at radius 2 is 2.03 bits per heavy atom. The van der Waals surface area contributed by atoms with Crippen LogP contribution in [0.25, 0.3) is 10.2 Å². The first-order valence-corrected chi connectivity index (χ1v) is 11.6. The van der Waals surface area contributed by atoms with E-state index in [-0.39, 0.29) is 17.3 Å². The average molecular weight is 450 g/mol. The number of ether oxygens (including phenoxy) is 1. The van der Waals surface area contributed by atoms with Gasteiger partial charge in [-0.1, -0.05) is 17.4 Å². The number of carbonyl (C=O) groups is 1. The van der Waals surface area contributed by atoms with Crippen LogP contribution in [0, 0.1) is 11.7 Å². The summed E-state index contributed by atoms with van der Waals surface area (Å²) in [5.41, 5.74) is 0.671. The molecule has 1 N–H and O–H groups in total. The summed E-state index contributed by atoms with van der Waals surface area (Å²) < 4.78 is 46.3. The molecule has 0 saturated carbocycles. The van der Waals surface area contributed by atoms with E-state index in [1.165, 1.54) is 27.8 Å². The van der Waals surface area contributed by atoms with Crippen molar-refractivity contribution in [2.75, 3.05) is 25.5 Å². The molecule has 0 radical (unpaired) electrons. The molecule has 7 nitrogen and oxygen atoms in total. The highest BCUT2D eigenvalue weighted by Crippen LogP contribution is 2.33. The van der Waals surface area contributed by atoms with Gasteiger partial charge in [0.15, 0.2) is 5.13 Å². The maximum absolute atomic E-state index is 13.1. The van der Waals surface area contributed by atoms with Crippen LogP contribution < -0.4 is 10.1 Å². The minimum atomic E-state index is -3.79. The van der Waals surface area contributed by atoms with Crippen LogP contribution in [0.3, 0.4) is 0 Å². The van der Waals surface area contributed by atoms with Crippen molar-refractivity contribution in [3.63, 3.8) is 0 Å². The summed E-state index contributed by atoms with van der Waals surface area (Å²) >= 11 is 1.33. The van der Waals surface area contributed by atoms with Crippen LogP contribution in [0.4, 0.5) is 9.52 Å². The number of carbonyl (C=O) groups excluding carboxylic acids is 1. The molecule has 30 heavy (non-hydrogen) atoms. The van der Waals surface area contributed by atoms with Gasteiger partial charge in [-0.2, -0.15) is 4.31 Å². The monoisotopic (exact) mass is 449 g/mol. The van der Waals surface area contributed by atoms with Crippen molar-refractivity contribution in [1.29, 1.82) is 0 Å². The lowest BCUT2D eigenvalue weighted by atomic mass is 9.99. The molecule has 1 saturated heterocycles. The van der Waals surface area contributed by atoms with E-state index in [1.807, 2.05) is 12.1 Å². The molecule has 0 bridgehead atoms. The summed E-state index contributed by atoms with van der Waals surface area (Å²) in [7, 11) is -2.23. The second-order valence-corrected chi connectivity index (χ2v) is 9.94. The summed E-state index contributed by atoms with van der Waals surface area (Å²) in [4.78, 5) is 17.3. The van der Waals surface area contributed by atoms with Crippen molar-refractivity contribution in [1.82, 2.24) is 9.29 Å². The van der Waals surface area contributed by atoms with Crippen molar-refractivity contribution >= 4 is 42.6 Å². The van der Waals surface area contributed by atoms with Crippen LogP contribution in [0.1, 0.15) is 12.8 Å². The first-order chi connectivity index (χ1) is 14.4. The van der Waals surface area contributed by atoms with E-state index in [4.69, 9.17) is 4.74 Å². The Morgan fingerprint density at radius 1 is 1.27 bits per heavy atom. The number of para-hydroxylation sites is 1. The molecular weight excluding hydrogens is 429 g/mol. The van der Waals surface area contributed by atoms with E-state index in [1.54, 1.807) is 13.2 Å². The number of methoxy groups -OCH3 is 1. The number of benzene rings is 2. The predicted molar refractivity (Wildman–Crippen MR) is 113 cm³/mol. The molecule has 4 rings (SSSR count). The maximum Gasteiger partial charge on any atom is 0.243 e. The number of fused-ring (bicyclic) bond motifs is 1. The number of piperidine rings is 1. The fourth-order valence-corrected chi connectivity index (χ4v) is 5.89. The van der Waals surface area contributed by atoms with Gasteiger partial charge in [-0.25, -0.2) is 17.8 Å². The van der Waals surface area contributed by atoms with Gasteiger partial charge in [-0.3, -0.25) is 4.79 Å². The van der Waals surface area contributed by atoms with Crippen molar-refractivity contribution in [3.8, 4) is 5.75 Å². The van der Waals surface area contributed by atoms with Gasteiger partial charge in [0.2, 0.25) is 15.9 Å². The SMILES string of the molecule is COc1cccc2sc(NC(=O)C3CCCN(S(=O)(=O)c4ccc(F)cc4)C3)nc12. The third kappa shape index (κ3) is 4.03. The zero-order chi connectivity index (χ0) is 21.3. The van der Waals surface area contributed by atoms with Crippen molar-refractivity contribution in [3.05, 3.63) is 48.3 Å². The molecule has 3 aromatic rings. The minimum Gasteiger partial charge on any atom is -0.494 e. The third-order valence-corrected chi connectivity index (χ3v) is 7.85. The number of rotatable bonds is 5. The van der Waals surface area contributed by atoms with E-state index in [0.717, 1.165) is 16.8 Å². The number of anilines is 1. The minimum absolute atomic E-state index is 0.0169. The molecule has 1 unspecified atom stereocenters. The van der Waals surface area contributed by atoms with Crippen LogP contribution in [-0.2, 0) is 14.8 Å². The standard InChI is InChI=1S/C20H20FN3O4S2/c1-28-16-5-2-6-17-18(16)22-20(29-17)23-19(25)13-4-3-11-24(12-13)30(26,27)15-9-7-14(21)8-10-15/h2,5-10,13H,3-4,11-12H2,1H3,(H,22,23,25). The highest BCUT2D eigenvalue weighted by molar-refractivity contribution is 7.89. The molecular formula is C20H20FN3O4S2. The molecule has 1 fully saturated rings. The Labute approximate surface area is 177 Å². The Hall–Kier alpha value is -2.56. The summed E-state index contributed by atoms with van der Waals surface area (Å²) in [5, 5.41) is 3.26. The number of hydrogen-bond acceptors (Lipinski definition) is 6. The highest BCUT2D eigenvalue weighted by Gasteiger charge is 2.33. The number of thiazole rings is 1. The van der Waals surface area contributed by atoms with E-state index in [0.29, 0.717) is 35.8 Å². The number of nitrogens with zero attached hydrogens (tertiary/aromatic N) is 2. The van der Waals surface area contributed by atoms with Crippen LogP contribution in [0.2, 0.25) is 0 Å². The predicted octanol–water partition coefficient (Wildman–Crippen LogP) is 3.48. The lowest BCUT2D eigenvalue weighted by Crippen LogP contribution is -2.43. The quantitative estimate of drug-likeness (QED) is 0.644. The van der Waals surface area contributed by atoms with Gasteiger partial charge >= 0.3 is 0 Å². The van der Waals surface area contributed by atoms with E-state index >= 15 is 0 Å². The summed E-state index contributed by atoms with van der Waals surface area (Å²) in [6.45, 7) is 0.390. The third-order valence-electron chi connectivity index (χ3n) is 5.04. The number of sulfonamides is 1. The van der Waals surface area contributed by atoms with Crippen LogP contribution in [-0.4, -0.2) is 43.8 Å². The van der Waals surface area contributed by atoms with Crippen molar-refractivity contribution in [2.45, 2.75) is 17.7 Å². The summed E-state index contributed by atoms with van der Waals surface area (Å²) in [5.74, 6) is -0.647. The van der Waals surface area contributed by atoms with Gasteiger partial charge in [-0.05, 0) is 49.2 Å². The topological polar surface area (TPSA) is 88.6 Å². The highest BCUT2D eigenvalue weighted by atomic mass is 32.2. The van der Waals surface area contributed by atoms with Gasteiger partial charge in [0.1, 0.15) is 17.1 Å². The van der Waals surface area contributed by atoms with Crippen molar-refractivity contribution in [2.24, 2.45) is 5.92 Å². The normalized spacial score (nSPS) is 17.7. The Morgan fingerprint density at radius 3 is 2.77 bits per heavy atom. The van der Waals surface area contributed by atoms with E-state index in [2.05, 4.69) is 10.3 Å². The number of hydrogen-bond donors (Lipinski definition) is 1. The number of nitrogens with one attached hydrogen (secondary N) is 1. The van der Waals surface area contributed by atoms with Crippen LogP contribution >= 0.6 is 11.3 Å². The van der Waals surface area contributed by atoms with Gasteiger partial charge in [0.25, 0.3) is 0 Å². The molecule has 1 aliphatic rings. The Balaban J connectivity index is 1.49. The molecule has 1 aromatic heterocycles. The fraction of sp³-hybridized carbons (Fsp3) is 0.300. The van der Waals surface area contributed by atoms with Gasteiger partial charge in [0.05, 0.1) is 22.6 Å². The molecule has 0 spiro atoms. The van der Waals surface area contributed by atoms with Gasteiger partial charge in [-0.15, -0.1) is 0 Å². The molecule has 1 atom stereocenters. The number of amides is 1. The number of halogens is 1. The second-order valence-electron chi connectivity index (χ2n) is 6.97. The zero-order valence-electron chi connectivity index (χ0n) is 16.2. The zero-order valence-corrected chi connectivity index (χ0v) is 17.8.